The van der Waals surface area contributed by atoms with Crippen LogP contribution >= 0.6 is 27.7 Å². The number of rotatable bonds is 3. The lowest BCUT2D eigenvalue weighted by atomic mass is 10.0. The molecule has 0 saturated carbocycles. The zero-order valence-electron chi connectivity index (χ0n) is 11.3. The Morgan fingerprint density at radius 3 is 2.84 bits per heavy atom. The Morgan fingerprint density at radius 2 is 2.26 bits per heavy atom. The maximum absolute atomic E-state index is 13.3. The normalized spacial score (nSPS) is 21.3. The molecule has 1 saturated heterocycles. The summed E-state index contributed by atoms with van der Waals surface area (Å²) in [6, 6.07) is 5.36. The van der Waals surface area contributed by atoms with E-state index in [0.29, 0.717) is 11.0 Å². The summed E-state index contributed by atoms with van der Waals surface area (Å²) in [5, 5.41) is 0. The third-order valence-electron chi connectivity index (χ3n) is 3.45. The van der Waals surface area contributed by atoms with Crippen LogP contribution in [0.1, 0.15) is 25.5 Å². The van der Waals surface area contributed by atoms with Gasteiger partial charge in [-0.3, -0.25) is 4.90 Å². The van der Waals surface area contributed by atoms with Crippen LogP contribution in [-0.4, -0.2) is 35.0 Å². The molecular formula is C14H20BrFN2S. The Bertz CT molecular complexity index is 453. The first-order chi connectivity index (χ1) is 8.93. The van der Waals surface area contributed by atoms with Crippen molar-refractivity contribution in [1.82, 2.24) is 4.90 Å². The molecule has 1 aliphatic heterocycles. The summed E-state index contributed by atoms with van der Waals surface area (Å²) in [5.74, 6) is 0.889. The summed E-state index contributed by atoms with van der Waals surface area (Å²) in [5.41, 5.74) is 7.04. The average molecular weight is 347 g/mol. The largest absolute Gasteiger partial charge is 0.329 e. The number of nitrogens with zero attached hydrogens (tertiary/aromatic N) is 1. The van der Waals surface area contributed by atoms with Gasteiger partial charge in [-0.1, -0.05) is 6.07 Å². The van der Waals surface area contributed by atoms with Gasteiger partial charge in [-0.15, -0.1) is 0 Å². The Hall–Kier alpha value is -0.100. The quantitative estimate of drug-likeness (QED) is 0.909. The molecule has 0 bridgehead atoms. The average Bonchev–Trinajstić information content (AvgIpc) is 2.33. The second kappa shape index (κ2) is 6.12. The third-order valence-corrected chi connectivity index (χ3v) is 5.35. The fraction of sp³-hybridized carbons (Fsp3) is 0.571. The van der Waals surface area contributed by atoms with E-state index in [4.69, 9.17) is 5.73 Å². The summed E-state index contributed by atoms with van der Waals surface area (Å²) in [4.78, 5) is 2.41. The highest BCUT2D eigenvalue weighted by Crippen LogP contribution is 2.34. The van der Waals surface area contributed by atoms with Crippen LogP contribution in [0, 0.1) is 5.82 Å². The van der Waals surface area contributed by atoms with Crippen LogP contribution in [-0.2, 0) is 0 Å². The number of benzene rings is 1. The molecule has 0 radical (unpaired) electrons. The minimum atomic E-state index is -0.228. The summed E-state index contributed by atoms with van der Waals surface area (Å²) < 4.78 is 14.1. The second-order valence-electron chi connectivity index (χ2n) is 5.50. The molecule has 0 aromatic heterocycles. The lowest BCUT2D eigenvalue weighted by Crippen LogP contribution is -2.46. The molecule has 19 heavy (non-hydrogen) atoms. The van der Waals surface area contributed by atoms with Gasteiger partial charge in [0.15, 0.2) is 0 Å². The van der Waals surface area contributed by atoms with Crippen molar-refractivity contribution in [2.75, 3.05) is 25.4 Å². The molecule has 1 fully saturated rings. The van der Waals surface area contributed by atoms with E-state index in [1.807, 2.05) is 23.9 Å². The van der Waals surface area contributed by atoms with Crippen LogP contribution < -0.4 is 5.73 Å². The van der Waals surface area contributed by atoms with Crippen LogP contribution in [0.15, 0.2) is 22.7 Å². The lowest BCUT2D eigenvalue weighted by Gasteiger charge is -2.41. The molecule has 2 N–H and O–H groups in total. The van der Waals surface area contributed by atoms with Crippen LogP contribution in [0.25, 0.3) is 0 Å². The van der Waals surface area contributed by atoms with Gasteiger partial charge in [-0.25, -0.2) is 4.39 Å². The van der Waals surface area contributed by atoms with Gasteiger partial charge in [0.05, 0.1) is 4.47 Å². The van der Waals surface area contributed by atoms with Gasteiger partial charge >= 0.3 is 0 Å². The summed E-state index contributed by atoms with van der Waals surface area (Å²) in [7, 11) is 0. The molecule has 1 heterocycles. The first-order valence-corrected chi connectivity index (χ1v) is 8.24. The van der Waals surface area contributed by atoms with Crippen LogP contribution in [0.4, 0.5) is 4.39 Å². The van der Waals surface area contributed by atoms with E-state index in [0.717, 1.165) is 24.4 Å². The maximum Gasteiger partial charge on any atom is 0.137 e. The number of hydrogen-bond acceptors (Lipinski definition) is 3. The van der Waals surface area contributed by atoms with Crippen LogP contribution in [0.5, 0.6) is 0 Å². The number of thioether (sulfide) groups is 1. The number of halogens is 2. The summed E-state index contributed by atoms with van der Waals surface area (Å²) in [6.07, 6.45) is 0. The van der Waals surface area contributed by atoms with Crippen molar-refractivity contribution in [2.45, 2.75) is 24.6 Å². The van der Waals surface area contributed by atoms with Crippen molar-refractivity contribution < 1.29 is 4.39 Å². The highest BCUT2D eigenvalue weighted by Gasteiger charge is 2.31. The molecule has 106 valence electrons. The predicted molar refractivity (Wildman–Crippen MR) is 84.0 cm³/mol. The molecule has 1 aromatic carbocycles. The van der Waals surface area contributed by atoms with Gasteiger partial charge in [-0.2, -0.15) is 11.8 Å². The highest BCUT2D eigenvalue weighted by molar-refractivity contribution is 9.10. The number of hydrogen-bond donors (Lipinski definition) is 1. The Kier molecular flexibility index (Phi) is 4.93. The molecule has 0 spiro atoms. The molecule has 2 nitrogen and oxygen atoms in total. The van der Waals surface area contributed by atoms with Crippen LogP contribution in [0.3, 0.4) is 0 Å². The monoisotopic (exact) mass is 346 g/mol. The van der Waals surface area contributed by atoms with Gasteiger partial charge < -0.3 is 5.73 Å². The fourth-order valence-electron chi connectivity index (χ4n) is 2.53. The molecule has 0 amide bonds. The van der Waals surface area contributed by atoms with E-state index < -0.39 is 0 Å². The SMILES string of the molecule is CC1(C)CN(C(CN)c2ccc(F)c(Br)c2)CCS1. The predicted octanol–water partition coefficient (Wildman–Crippen LogP) is 3.42. The van der Waals surface area contributed by atoms with Crippen molar-refractivity contribution >= 4 is 27.7 Å². The zero-order chi connectivity index (χ0) is 14.0. The topological polar surface area (TPSA) is 29.3 Å². The minimum Gasteiger partial charge on any atom is -0.329 e. The van der Waals surface area contributed by atoms with Gasteiger partial charge in [0.2, 0.25) is 0 Å². The lowest BCUT2D eigenvalue weighted by molar-refractivity contribution is 0.192. The van der Waals surface area contributed by atoms with Crippen molar-refractivity contribution in [3.8, 4) is 0 Å². The van der Waals surface area contributed by atoms with E-state index in [1.54, 1.807) is 0 Å². The van der Waals surface area contributed by atoms with Gasteiger partial charge in [0, 0.05) is 36.2 Å². The Labute approximate surface area is 127 Å². The van der Waals surface area contributed by atoms with Gasteiger partial charge in [0.25, 0.3) is 0 Å². The first kappa shape index (κ1) is 15.3. The molecule has 1 aliphatic rings. The van der Waals surface area contributed by atoms with E-state index in [1.165, 1.54) is 6.07 Å². The maximum atomic E-state index is 13.3. The van der Waals surface area contributed by atoms with E-state index in [-0.39, 0.29) is 16.6 Å². The van der Waals surface area contributed by atoms with Crippen molar-refractivity contribution in [1.29, 1.82) is 0 Å². The van der Waals surface area contributed by atoms with E-state index >= 15 is 0 Å². The van der Waals surface area contributed by atoms with Gasteiger partial charge in [0.1, 0.15) is 5.82 Å². The second-order valence-corrected chi connectivity index (χ2v) is 8.16. The Morgan fingerprint density at radius 1 is 1.53 bits per heavy atom. The molecule has 1 atom stereocenters. The number of nitrogens with two attached hydrogens (primary N) is 1. The molecule has 1 aromatic rings. The highest BCUT2D eigenvalue weighted by atomic mass is 79.9. The molecule has 1 unspecified atom stereocenters. The molecular weight excluding hydrogens is 327 g/mol. The summed E-state index contributed by atoms with van der Waals surface area (Å²) in [6.45, 7) is 7.12. The van der Waals surface area contributed by atoms with E-state index in [2.05, 4.69) is 34.7 Å². The molecule has 0 aliphatic carbocycles. The van der Waals surface area contributed by atoms with E-state index in [9.17, 15) is 4.39 Å². The zero-order valence-corrected chi connectivity index (χ0v) is 13.7. The smallest absolute Gasteiger partial charge is 0.137 e. The minimum absolute atomic E-state index is 0.164. The van der Waals surface area contributed by atoms with Gasteiger partial charge in [-0.05, 0) is 47.5 Å². The fourth-order valence-corrected chi connectivity index (χ4v) is 4.07. The third kappa shape index (κ3) is 3.72. The standard InChI is InChI=1S/C14H20BrFN2S/c1-14(2)9-18(5-6-19-14)13(8-17)10-3-4-12(16)11(15)7-10/h3-4,7,13H,5-6,8-9,17H2,1-2H3. The van der Waals surface area contributed by atoms with Crippen molar-refractivity contribution in [3.05, 3.63) is 34.1 Å². The molecule has 2 rings (SSSR count). The summed E-state index contributed by atoms with van der Waals surface area (Å²) >= 11 is 5.25. The molecule has 5 heteroatoms. The van der Waals surface area contributed by atoms with Crippen molar-refractivity contribution in [2.24, 2.45) is 5.73 Å². The Balaban J connectivity index is 2.21. The van der Waals surface area contributed by atoms with Crippen molar-refractivity contribution in [3.63, 3.8) is 0 Å². The first-order valence-electron chi connectivity index (χ1n) is 6.46. The van der Waals surface area contributed by atoms with Crippen LogP contribution in [0.2, 0.25) is 0 Å².